The molecule has 1 heterocycles. The first kappa shape index (κ1) is 18.4. The zero-order valence-corrected chi connectivity index (χ0v) is 13.8. The maximum atomic E-state index is 12.4. The van der Waals surface area contributed by atoms with E-state index in [9.17, 15) is 18.4 Å². The molecule has 25 heavy (non-hydrogen) atoms. The van der Waals surface area contributed by atoms with Crippen molar-refractivity contribution in [1.82, 2.24) is 0 Å². The first-order valence-corrected chi connectivity index (χ1v) is 7.40. The van der Waals surface area contributed by atoms with Crippen LogP contribution in [0.5, 0.6) is 5.75 Å². The van der Waals surface area contributed by atoms with Gasteiger partial charge < -0.3 is 19.2 Å². The molecule has 0 radical (unpaired) electrons. The molecule has 1 atom stereocenters. The molecule has 1 amide bonds. The Labute approximate surface area is 142 Å². The molecule has 0 spiro atoms. The number of nitrogens with one attached hydrogen (secondary N) is 1. The molecule has 2 aromatic rings. The number of carbonyl (C=O) groups is 2. The summed E-state index contributed by atoms with van der Waals surface area (Å²) in [6.07, 6.45) is -1.15. The number of esters is 1. The number of hydrogen-bond donors (Lipinski definition) is 1. The maximum Gasteiger partial charge on any atom is 0.387 e. The van der Waals surface area contributed by atoms with Crippen molar-refractivity contribution in [3.8, 4) is 5.75 Å². The number of rotatable bonds is 6. The summed E-state index contributed by atoms with van der Waals surface area (Å²) in [5.41, 5.74) is 0.268. The Morgan fingerprint density at radius 2 is 1.88 bits per heavy atom. The zero-order chi connectivity index (χ0) is 18.6. The molecule has 6 nitrogen and oxygen atoms in total. The smallest absolute Gasteiger partial charge is 0.387 e. The van der Waals surface area contributed by atoms with Crippen molar-refractivity contribution in [2.45, 2.75) is 33.5 Å². The molecule has 1 aromatic carbocycles. The Hall–Kier alpha value is -2.90. The lowest BCUT2D eigenvalue weighted by Crippen LogP contribution is -2.30. The molecule has 134 valence electrons. The molecule has 0 saturated carbocycles. The largest absolute Gasteiger partial charge is 0.466 e. The molecule has 0 aliphatic heterocycles. The normalized spacial score (nSPS) is 11.9. The number of benzene rings is 1. The van der Waals surface area contributed by atoms with Crippen LogP contribution in [0.3, 0.4) is 0 Å². The van der Waals surface area contributed by atoms with Crippen LogP contribution in [0, 0.1) is 13.8 Å². The van der Waals surface area contributed by atoms with E-state index in [1.165, 1.54) is 31.2 Å². The van der Waals surface area contributed by atoms with Crippen LogP contribution >= 0.6 is 0 Å². The molecule has 8 heteroatoms. The summed E-state index contributed by atoms with van der Waals surface area (Å²) >= 11 is 0. The van der Waals surface area contributed by atoms with Gasteiger partial charge in [-0.05, 0) is 39.0 Å². The van der Waals surface area contributed by atoms with Gasteiger partial charge in [-0.1, -0.05) is 12.1 Å². The van der Waals surface area contributed by atoms with Gasteiger partial charge >= 0.3 is 12.6 Å². The molecule has 0 fully saturated rings. The second kappa shape index (κ2) is 7.78. The number of ether oxygens (including phenoxy) is 2. The fraction of sp³-hybridized carbons (Fsp3) is 0.294. The number of halogens is 2. The lowest BCUT2D eigenvalue weighted by molar-refractivity contribution is -0.123. The fourth-order valence-electron chi connectivity index (χ4n) is 2.11. The lowest BCUT2D eigenvalue weighted by Gasteiger charge is -2.15. The predicted octanol–water partition coefficient (Wildman–Crippen LogP) is 3.68. The SMILES string of the molecule is Cc1cc(C(=O)O[C@H](C)C(=O)Nc2ccccc2OC(F)F)c(C)o1. The third-order valence-corrected chi connectivity index (χ3v) is 3.27. The molecule has 0 aliphatic carbocycles. The zero-order valence-electron chi connectivity index (χ0n) is 13.8. The van der Waals surface area contributed by atoms with Crippen LogP contribution in [0.4, 0.5) is 14.5 Å². The third kappa shape index (κ3) is 4.79. The highest BCUT2D eigenvalue weighted by Gasteiger charge is 2.23. The molecule has 0 saturated heterocycles. The van der Waals surface area contributed by atoms with Crippen LogP contribution in [0.25, 0.3) is 0 Å². The van der Waals surface area contributed by atoms with Crippen molar-refractivity contribution < 1.29 is 32.3 Å². The van der Waals surface area contributed by atoms with Crippen molar-refractivity contribution in [3.63, 3.8) is 0 Å². The van der Waals surface area contributed by atoms with Crippen molar-refractivity contribution in [2.75, 3.05) is 5.32 Å². The standard InChI is InChI=1S/C17H17F2NO5/c1-9-8-12(10(2)23-9)16(22)24-11(3)15(21)20-13-6-4-5-7-14(13)25-17(18)19/h4-8,11,17H,1-3H3,(H,20,21)/t11-/m1/s1. The van der Waals surface area contributed by atoms with Crippen LogP contribution in [-0.2, 0) is 9.53 Å². The van der Waals surface area contributed by atoms with E-state index in [2.05, 4.69) is 10.1 Å². The molecular weight excluding hydrogens is 336 g/mol. The Balaban J connectivity index is 2.03. The second-order valence-electron chi connectivity index (χ2n) is 5.24. The monoisotopic (exact) mass is 353 g/mol. The number of aryl methyl sites for hydroxylation is 2. The Morgan fingerprint density at radius 1 is 1.20 bits per heavy atom. The second-order valence-corrected chi connectivity index (χ2v) is 5.24. The minimum atomic E-state index is -3.03. The molecule has 0 aliphatic rings. The number of amides is 1. The lowest BCUT2D eigenvalue weighted by atomic mass is 10.2. The van der Waals surface area contributed by atoms with Crippen molar-refractivity contribution >= 4 is 17.6 Å². The number of anilines is 1. The van der Waals surface area contributed by atoms with Gasteiger partial charge in [0.25, 0.3) is 5.91 Å². The van der Waals surface area contributed by atoms with Gasteiger partial charge in [0.15, 0.2) is 6.10 Å². The van der Waals surface area contributed by atoms with Crippen LogP contribution in [0.15, 0.2) is 34.7 Å². The highest BCUT2D eigenvalue weighted by atomic mass is 19.3. The van der Waals surface area contributed by atoms with E-state index in [0.717, 1.165) is 0 Å². The van der Waals surface area contributed by atoms with Crippen LogP contribution in [0.2, 0.25) is 0 Å². The summed E-state index contributed by atoms with van der Waals surface area (Å²) in [6, 6.07) is 7.22. The van der Waals surface area contributed by atoms with E-state index < -0.39 is 24.6 Å². The van der Waals surface area contributed by atoms with Gasteiger partial charge in [-0.2, -0.15) is 8.78 Å². The molecule has 2 rings (SSSR count). The van der Waals surface area contributed by atoms with E-state index in [1.54, 1.807) is 19.9 Å². The Bertz CT molecular complexity index is 772. The van der Waals surface area contributed by atoms with E-state index in [4.69, 9.17) is 9.15 Å². The van der Waals surface area contributed by atoms with Gasteiger partial charge in [-0.3, -0.25) is 4.79 Å². The maximum absolute atomic E-state index is 12.4. The number of alkyl halides is 2. The number of hydrogen-bond acceptors (Lipinski definition) is 5. The van der Waals surface area contributed by atoms with Gasteiger partial charge in [-0.15, -0.1) is 0 Å². The predicted molar refractivity (Wildman–Crippen MR) is 84.8 cm³/mol. The van der Waals surface area contributed by atoms with E-state index in [0.29, 0.717) is 11.5 Å². The number of para-hydroxylation sites is 2. The van der Waals surface area contributed by atoms with Crippen LogP contribution in [0.1, 0.15) is 28.8 Å². The summed E-state index contributed by atoms with van der Waals surface area (Å²) in [5.74, 6) is -0.665. The van der Waals surface area contributed by atoms with Crippen LogP contribution < -0.4 is 10.1 Å². The highest BCUT2D eigenvalue weighted by Crippen LogP contribution is 2.25. The van der Waals surface area contributed by atoms with Gasteiger partial charge in [0.1, 0.15) is 22.8 Å². The molecule has 1 aromatic heterocycles. The summed E-state index contributed by atoms with van der Waals surface area (Å²) < 4.78 is 39.4. The van der Waals surface area contributed by atoms with Crippen molar-refractivity contribution in [2.24, 2.45) is 0 Å². The fourth-order valence-corrected chi connectivity index (χ4v) is 2.11. The topological polar surface area (TPSA) is 77.8 Å². The average Bonchev–Trinajstić information content (AvgIpc) is 2.87. The summed E-state index contributed by atoms with van der Waals surface area (Å²) in [7, 11) is 0. The average molecular weight is 353 g/mol. The van der Waals surface area contributed by atoms with Gasteiger partial charge in [0, 0.05) is 0 Å². The van der Waals surface area contributed by atoms with Crippen molar-refractivity contribution in [1.29, 1.82) is 0 Å². The Morgan fingerprint density at radius 3 is 2.48 bits per heavy atom. The van der Waals surface area contributed by atoms with Gasteiger partial charge in [-0.25, -0.2) is 4.79 Å². The minimum Gasteiger partial charge on any atom is -0.466 e. The third-order valence-electron chi connectivity index (χ3n) is 3.27. The Kier molecular flexibility index (Phi) is 5.74. The quantitative estimate of drug-likeness (QED) is 0.802. The van der Waals surface area contributed by atoms with Gasteiger partial charge in [0.05, 0.1) is 5.69 Å². The highest BCUT2D eigenvalue weighted by molar-refractivity contribution is 5.98. The summed E-state index contributed by atoms with van der Waals surface area (Å²) in [5, 5.41) is 2.39. The molecule has 0 bridgehead atoms. The summed E-state index contributed by atoms with van der Waals surface area (Å²) in [4.78, 5) is 24.2. The van der Waals surface area contributed by atoms with Gasteiger partial charge in [0.2, 0.25) is 0 Å². The van der Waals surface area contributed by atoms with E-state index in [-0.39, 0.29) is 17.0 Å². The first-order chi connectivity index (χ1) is 11.8. The first-order valence-electron chi connectivity index (χ1n) is 7.40. The summed E-state index contributed by atoms with van der Waals surface area (Å²) in [6.45, 7) is 1.62. The van der Waals surface area contributed by atoms with Crippen LogP contribution in [-0.4, -0.2) is 24.6 Å². The minimum absolute atomic E-state index is 0.0473. The van der Waals surface area contributed by atoms with E-state index in [1.807, 2.05) is 0 Å². The van der Waals surface area contributed by atoms with Crippen molar-refractivity contribution in [3.05, 3.63) is 47.4 Å². The molecule has 0 unspecified atom stereocenters. The van der Waals surface area contributed by atoms with E-state index >= 15 is 0 Å². The number of carbonyl (C=O) groups excluding carboxylic acids is 2. The molecule has 1 N–H and O–H groups in total. The number of furan rings is 1. The molecular formula is C17H17F2NO5.